The number of aryl methyl sites for hydroxylation is 1. The van der Waals surface area contributed by atoms with Gasteiger partial charge in [0.2, 0.25) is 0 Å². The van der Waals surface area contributed by atoms with Crippen LogP contribution in [0.2, 0.25) is 0 Å². The van der Waals surface area contributed by atoms with E-state index in [4.69, 9.17) is 0 Å². The lowest BCUT2D eigenvalue weighted by Gasteiger charge is -2.21. The van der Waals surface area contributed by atoms with Gasteiger partial charge in [-0.3, -0.25) is 10.2 Å². The maximum absolute atomic E-state index is 12.2. The zero-order chi connectivity index (χ0) is 13.0. The SMILES string of the molecule is CCN(C(=O)Nc1cccs1)c1cccc(C)c1. The van der Waals surface area contributed by atoms with E-state index in [0.717, 1.165) is 16.3 Å². The van der Waals surface area contributed by atoms with Gasteiger partial charge in [-0.05, 0) is 49.1 Å². The molecule has 2 rings (SSSR count). The Morgan fingerprint density at radius 2 is 2.17 bits per heavy atom. The second-order valence-electron chi connectivity index (χ2n) is 3.99. The highest BCUT2D eigenvalue weighted by Gasteiger charge is 2.14. The third kappa shape index (κ3) is 2.90. The largest absolute Gasteiger partial charge is 0.326 e. The summed E-state index contributed by atoms with van der Waals surface area (Å²) in [4.78, 5) is 13.9. The minimum atomic E-state index is -0.0921. The molecule has 0 saturated carbocycles. The second kappa shape index (κ2) is 5.69. The first-order valence-corrected chi connectivity index (χ1v) is 6.77. The molecule has 4 heteroatoms. The van der Waals surface area contributed by atoms with E-state index in [9.17, 15) is 4.79 Å². The normalized spacial score (nSPS) is 10.1. The van der Waals surface area contributed by atoms with Gasteiger partial charge in [0.05, 0.1) is 5.00 Å². The number of rotatable bonds is 3. The number of nitrogens with one attached hydrogen (secondary N) is 1. The van der Waals surface area contributed by atoms with Crippen molar-refractivity contribution in [3.8, 4) is 0 Å². The van der Waals surface area contributed by atoms with Crippen LogP contribution in [-0.4, -0.2) is 12.6 Å². The Morgan fingerprint density at radius 3 is 2.78 bits per heavy atom. The summed E-state index contributed by atoms with van der Waals surface area (Å²) in [7, 11) is 0. The molecule has 94 valence electrons. The van der Waals surface area contributed by atoms with Crippen molar-refractivity contribution >= 4 is 28.1 Å². The van der Waals surface area contributed by atoms with Crippen molar-refractivity contribution in [1.82, 2.24) is 0 Å². The molecule has 0 radical (unpaired) electrons. The molecule has 0 unspecified atom stereocenters. The third-order valence-corrected chi connectivity index (χ3v) is 3.41. The number of nitrogens with zero attached hydrogens (tertiary/aromatic N) is 1. The molecule has 0 saturated heterocycles. The molecule has 1 heterocycles. The Morgan fingerprint density at radius 1 is 1.33 bits per heavy atom. The van der Waals surface area contributed by atoms with Gasteiger partial charge < -0.3 is 0 Å². The van der Waals surface area contributed by atoms with E-state index in [2.05, 4.69) is 5.32 Å². The molecule has 2 amide bonds. The van der Waals surface area contributed by atoms with Crippen LogP contribution in [0.15, 0.2) is 41.8 Å². The zero-order valence-electron chi connectivity index (χ0n) is 10.5. The van der Waals surface area contributed by atoms with Crippen LogP contribution >= 0.6 is 11.3 Å². The first kappa shape index (κ1) is 12.6. The van der Waals surface area contributed by atoms with Gasteiger partial charge in [0.1, 0.15) is 0 Å². The Balaban J connectivity index is 2.15. The Bertz CT molecular complexity index is 522. The fourth-order valence-corrected chi connectivity index (χ4v) is 2.37. The Hall–Kier alpha value is -1.81. The average Bonchev–Trinajstić information content (AvgIpc) is 2.83. The number of thiophene rings is 1. The van der Waals surface area contributed by atoms with Gasteiger partial charge in [0.25, 0.3) is 0 Å². The molecule has 0 aliphatic rings. The fourth-order valence-electron chi connectivity index (χ4n) is 1.76. The van der Waals surface area contributed by atoms with Crippen LogP contribution in [0, 0.1) is 6.92 Å². The molecule has 0 bridgehead atoms. The van der Waals surface area contributed by atoms with E-state index in [1.54, 1.807) is 4.90 Å². The van der Waals surface area contributed by atoms with E-state index in [1.165, 1.54) is 11.3 Å². The van der Waals surface area contributed by atoms with Gasteiger partial charge in [-0.2, -0.15) is 0 Å². The summed E-state index contributed by atoms with van der Waals surface area (Å²) in [5.41, 5.74) is 2.07. The molecule has 0 atom stereocenters. The molecule has 0 fully saturated rings. The number of carbonyl (C=O) groups is 1. The highest BCUT2D eigenvalue weighted by Crippen LogP contribution is 2.19. The fraction of sp³-hybridized carbons (Fsp3) is 0.214. The summed E-state index contributed by atoms with van der Waals surface area (Å²) in [6.07, 6.45) is 0. The summed E-state index contributed by atoms with van der Waals surface area (Å²) in [5, 5.41) is 5.71. The minimum Gasteiger partial charge on any atom is -0.299 e. The number of hydrogen-bond donors (Lipinski definition) is 1. The van der Waals surface area contributed by atoms with Gasteiger partial charge in [0.15, 0.2) is 0 Å². The number of hydrogen-bond acceptors (Lipinski definition) is 2. The predicted molar refractivity (Wildman–Crippen MR) is 77.5 cm³/mol. The van der Waals surface area contributed by atoms with E-state index in [0.29, 0.717) is 6.54 Å². The van der Waals surface area contributed by atoms with E-state index >= 15 is 0 Å². The maximum atomic E-state index is 12.2. The van der Waals surface area contributed by atoms with E-state index in [-0.39, 0.29) is 6.03 Å². The lowest BCUT2D eigenvalue weighted by molar-refractivity contribution is 0.257. The van der Waals surface area contributed by atoms with Crippen LogP contribution in [0.3, 0.4) is 0 Å². The van der Waals surface area contributed by atoms with Crippen LogP contribution < -0.4 is 10.2 Å². The van der Waals surface area contributed by atoms with Crippen LogP contribution in [-0.2, 0) is 0 Å². The highest BCUT2D eigenvalue weighted by atomic mass is 32.1. The molecule has 0 aliphatic heterocycles. The average molecular weight is 260 g/mol. The van der Waals surface area contributed by atoms with Gasteiger partial charge in [-0.15, -0.1) is 11.3 Å². The van der Waals surface area contributed by atoms with E-state index < -0.39 is 0 Å². The number of anilines is 2. The molecule has 3 nitrogen and oxygen atoms in total. The Labute approximate surface area is 111 Å². The van der Waals surface area contributed by atoms with Gasteiger partial charge >= 0.3 is 6.03 Å². The van der Waals surface area contributed by atoms with Crippen molar-refractivity contribution in [2.75, 3.05) is 16.8 Å². The summed E-state index contributed by atoms with van der Waals surface area (Å²) >= 11 is 1.52. The summed E-state index contributed by atoms with van der Waals surface area (Å²) < 4.78 is 0. The number of carbonyl (C=O) groups excluding carboxylic acids is 1. The topological polar surface area (TPSA) is 32.3 Å². The number of urea groups is 1. The summed E-state index contributed by atoms with van der Waals surface area (Å²) in [6, 6.07) is 11.7. The predicted octanol–water partition coefficient (Wildman–Crippen LogP) is 4.11. The summed E-state index contributed by atoms with van der Waals surface area (Å²) in [6.45, 7) is 4.63. The third-order valence-electron chi connectivity index (χ3n) is 2.63. The lowest BCUT2D eigenvalue weighted by atomic mass is 10.2. The maximum Gasteiger partial charge on any atom is 0.326 e. The van der Waals surface area contributed by atoms with Crippen molar-refractivity contribution in [3.63, 3.8) is 0 Å². The minimum absolute atomic E-state index is 0.0921. The van der Waals surface area contributed by atoms with E-state index in [1.807, 2.05) is 55.6 Å². The molecule has 0 spiro atoms. The zero-order valence-corrected chi connectivity index (χ0v) is 11.3. The van der Waals surface area contributed by atoms with Gasteiger partial charge in [-0.1, -0.05) is 12.1 Å². The molecular weight excluding hydrogens is 244 g/mol. The van der Waals surface area contributed by atoms with Gasteiger partial charge in [0, 0.05) is 12.2 Å². The van der Waals surface area contributed by atoms with Crippen LogP contribution in [0.4, 0.5) is 15.5 Å². The van der Waals surface area contributed by atoms with Crippen LogP contribution in [0.1, 0.15) is 12.5 Å². The highest BCUT2D eigenvalue weighted by molar-refractivity contribution is 7.14. The second-order valence-corrected chi connectivity index (χ2v) is 4.94. The van der Waals surface area contributed by atoms with Crippen molar-refractivity contribution < 1.29 is 4.79 Å². The molecule has 1 aromatic heterocycles. The van der Waals surface area contributed by atoms with Crippen molar-refractivity contribution in [3.05, 3.63) is 47.3 Å². The molecule has 18 heavy (non-hydrogen) atoms. The van der Waals surface area contributed by atoms with Gasteiger partial charge in [-0.25, -0.2) is 4.79 Å². The van der Waals surface area contributed by atoms with Crippen LogP contribution in [0.25, 0.3) is 0 Å². The first-order chi connectivity index (χ1) is 8.70. The molecule has 1 N–H and O–H groups in total. The summed E-state index contributed by atoms with van der Waals surface area (Å²) in [5.74, 6) is 0. The first-order valence-electron chi connectivity index (χ1n) is 5.89. The van der Waals surface area contributed by atoms with Crippen LogP contribution in [0.5, 0.6) is 0 Å². The number of amides is 2. The number of benzene rings is 1. The molecule has 2 aromatic rings. The standard InChI is InChI=1S/C14H16N2OS/c1-3-16(12-7-4-6-11(2)10-12)14(17)15-13-8-5-9-18-13/h4-10H,3H2,1-2H3,(H,15,17). The monoisotopic (exact) mass is 260 g/mol. The van der Waals surface area contributed by atoms with Crippen molar-refractivity contribution in [2.24, 2.45) is 0 Å². The lowest BCUT2D eigenvalue weighted by Crippen LogP contribution is -2.34. The van der Waals surface area contributed by atoms with Crippen molar-refractivity contribution in [2.45, 2.75) is 13.8 Å². The quantitative estimate of drug-likeness (QED) is 0.884. The Kier molecular flexibility index (Phi) is 3.99. The molecule has 1 aromatic carbocycles. The molecular formula is C14H16N2OS. The molecule has 0 aliphatic carbocycles. The smallest absolute Gasteiger partial charge is 0.299 e. The van der Waals surface area contributed by atoms with Crippen molar-refractivity contribution in [1.29, 1.82) is 0 Å².